The molecule has 4 nitrogen and oxygen atoms in total. The van der Waals surface area contributed by atoms with E-state index in [0.717, 1.165) is 38.7 Å². The third-order valence-corrected chi connectivity index (χ3v) is 3.15. The van der Waals surface area contributed by atoms with E-state index in [0.29, 0.717) is 11.7 Å². The van der Waals surface area contributed by atoms with Gasteiger partial charge in [-0.3, -0.25) is 0 Å². The lowest BCUT2D eigenvalue weighted by atomic mass is 10.1. The van der Waals surface area contributed by atoms with Gasteiger partial charge in [-0.25, -0.2) is 0 Å². The highest BCUT2D eigenvalue weighted by atomic mass is 35.5. The predicted octanol–water partition coefficient (Wildman–Crippen LogP) is 3.39. The van der Waals surface area contributed by atoms with Crippen LogP contribution in [0.25, 0.3) is 0 Å². The van der Waals surface area contributed by atoms with Crippen molar-refractivity contribution in [1.82, 2.24) is 10.1 Å². The number of ether oxygens (including phenoxy) is 1. The molecule has 2 atom stereocenters. The summed E-state index contributed by atoms with van der Waals surface area (Å²) in [5.41, 5.74) is 0. The molecule has 0 saturated carbocycles. The molecule has 1 saturated heterocycles. The summed E-state index contributed by atoms with van der Waals surface area (Å²) in [7, 11) is 0. The summed E-state index contributed by atoms with van der Waals surface area (Å²) in [6, 6.07) is 0. The monoisotopic (exact) mass is 244 g/mol. The molecule has 2 heterocycles. The van der Waals surface area contributed by atoms with Crippen LogP contribution in [-0.4, -0.2) is 16.7 Å². The van der Waals surface area contributed by atoms with Crippen LogP contribution in [0.15, 0.2) is 4.52 Å². The van der Waals surface area contributed by atoms with Crippen LogP contribution >= 0.6 is 11.6 Å². The Morgan fingerprint density at radius 1 is 1.50 bits per heavy atom. The minimum absolute atomic E-state index is 0.0273. The van der Waals surface area contributed by atoms with Crippen LogP contribution in [-0.2, 0) is 4.74 Å². The van der Waals surface area contributed by atoms with Crippen LogP contribution in [0.1, 0.15) is 62.2 Å². The second-order valence-electron chi connectivity index (χ2n) is 4.10. The molecule has 1 aliphatic heterocycles. The first-order valence-corrected chi connectivity index (χ1v) is 6.34. The van der Waals surface area contributed by atoms with Gasteiger partial charge >= 0.3 is 0 Å². The molecule has 0 bridgehead atoms. The Hall–Kier alpha value is -0.610. The second-order valence-corrected chi connectivity index (χ2v) is 4.63. The van der Waals surface area contributed by atoms with E-state index >= 15 is 0 Å². The summed E-state index contributed by atoms with van der Waals surface area (Å²) in [4.78, 5) is 4.32. The Labute approximate surface area is 100 Å². The van der Waals surface area contributed by atoms with Crippen LogP contribution in [0.3, 0.4) is 0 Å². The molecule has 1 aliphatic rings. The zero-order chi connectivity index (χ0) is 11.4. The van der Waals surface area contributed by atoms with Crippen molar-refractivity contribution >= 4 is 11.6 Å². The Morgan fingerprint density at radius 3 is 3.06 bits per heavy atom. The molecule has 0 spiro atoms. The number of alkyl halides is 1. The maximum absolute atomic E-state index is 6.13. The molecule has 2 rings (SSSR count). The lowest BCUT2D eigenvalue weighted by molar-refractivity contribution is -0.00459. The molecule has 0 amide bonds. The van der Waals surface area contributed by atoms with Gasteiger partial charge in [-0.1, -0.05) is 18.5 Å². The molecule has 16 heavy (non-hydrogen) atoms. The minimum Gasteiger partial charge on any atom is -0.368 e. The molecule has 0 N–H and O–H groups in total. The van der Waals surface area contributed by atoms with Crippen molar-refractivity contribution in [1.29, 1.82) is 0 Å². The molecule has 1 fully saturated rings. The first-order valence-electron chi connectivity index (χ1n) is 5.90. The van der Waals surface area contributed by atoms with Gasteiger partial charge in [0.1, 0.15) is 6.10 Å². The van der Waals surface area contributed by atoms with Gasteiger partial charge in [0.2, 0.25) is 0 Å². The molecule has 0 aliphatic carbocycles. The predicted molar refractivity (Wildman–Crippen MR) is 60.3 cm³/mol. The molecule has 1 aromatic heterocycles. The molecule has 1 aromatic rings. The lowest BCUT2D eigenvalue weighted by Crippen LogP contribution is -2.11. The van der Waals surface area contributed by atoms with E-state index < -0.39 is 0 Å². The van der Waals surface area contributed by atoms with Crippen LogP contribution in [0.2, 0.25) is 0 Å². The smallest absolute Gasteiger partial charge is 0.255 e. The zero-order valence-electron chi connectivity index (χ0n) is 9.49. The van der Waals surface area contributed by atoms with Gasteiger partial charge in [0.15, 0.2) is 5.82 Å². The highest BCUT2D eigenvalue weighted by Gasteiger charge is 2.24. The van der Waals surface area contributed by atoms with E-state index in [4.69, 9.17) is 20.9 Å². The van der Waals surface area contributed by atoms with Gasteiger partial charge in [0.25, 0.3) is 5.89 Å². The van der Waals surface area contributed by atoms with E-state index in [-0.39, 0.29) is 11.5 Å². The van der Waals surface area contributed by atoms with Crippen LogP contribution in [0, 0.1) is 0 Å². The van der Waals surface area contributed by atoms with Gasteiger partial charge in [0.05, 0.1) is 5.38 Å². The fourth-order valence-electron chi connectivity index (χ4n) is 1.82. The third kappa shape index (κ3) is 2.74. The minimum atomic E-state index is -0.147. The van der Waals surface area contributed by atoms with Crippen molar-refractivity contribution in [2.24, 2.45) is 0 Å². The summed E-state index contributed by atoms with van der Waals surface area (Å²) in [6.45, 7) is 2.86. The fourth-order valence-corrected chi connectivity index (χ4v) is 2.13. The third-order valence-electron chi connectivity index (χ3n) is 2.73. The largest absolute Gasteiger partial charge is 0.368 e. The summed E-state index contributed by atoms with van der Waals surface area (Å²) in [6.07, 6.45) is 5.08. The number of halogens is 1. The molecule has 2 unspecified atom stereocenters. The van der Waals surface area contributed by atoms with E-state index in [1.54, 1.807) is 0 Å². The van der Waals surface area contributed by atoms with Crippen molar-refractivity contribution in [2.75, 3.05) is 6.61 Å². The average Bonchev–Trinajstić information content (AvgIpc) is 2.80. The van der Waals surface area contributed by atoms with Crippen LogP contribution in [0.5, 0.6) is 0 Å². The Kier molecular flexibility index (Phi) is 4.18. The Bertz CT molecular complexity index is 324. The summed E-state index contributed by atoms with van der Waals surface area (Å²) >= 11 is 6.13. The van der Waals surface area contributed by atoms with Gasteiger partial charge in [-0.05, 0) is 25.7 Å². The van der Waals surface area contributed by atoms with E-state index in [1.165, 1.54) is 0 Å². The fraction of sp³-hybridized carbons (Fsp3) is 0.818. The van der Waals surface area contributed by atoms with Gasteiger partial charge in [-0.2, -0.15) is 4.98 Å². The van der Waals surface area contributed by atoms with Crippen molar-refractivity contribution in [3.8, 4) is 0 Å². The topological polar surface area (TPSA) is 48.2 Å². The Morgan fingerprint density at radius 2 is 2.38 bits per heavy atom. The Balaban J connectivity index is 2.00. The van der Waals surface area contributed by atoms with E-state index in [9.17, 15) is 0 Å². The molecule has 90 valence electrons. The van der Waals surface area contributed by atoms with Gasteiger partial charge < -0.3 is 9.26 Å². The summed E-state index contributed by atoms with van der Waals surface area (Å²) in [5, 5.41) is 3.76. The standard InChI is InChI=1S/C11H17ClN2O2/c1-2-5-8(12)10-13-11(16-14-10)9-6-3-4-7-15-9/h8-9H,2-7H2,1H3. The zero-order valence-corrected chi connectivity index (χ0v) is 10.2. The van der Waals surface area contributed by atoms with Crippen LogP contribution < -0.4 is 0 Å². The SMILES string of the molecule is CCCC(Cl)c1noc(C2CCCCO2)n1. The first-order chi connectivity index (χ1) is 7.81. The van der Waals surface area contributed by atoms with E-state index in [2.05, 4.69) is 17.1 Å². The normalized spacial score (nSPS) is 23.2. The van der Waals surface area contributed by atoms with Crippen molar-refractivity contribution in [3.63, 3.8) is 0 Å². The van der Waals surface area contributed by atoms with Crippen molar-refractivity contribution < 1.29 is 9.26 Å². The average molecular weight is 245 g/mol. The highest BCUT2D eigenvalue weighted by Crippen LogP contribution is 2.29. The summed E-state index contributed by atoms with van der Waals surface area (Å²) in [5.74, 6) is 1.17. The van der Waals surface area contributed by atoms with Gasteiger partial charge in [0, 0.05) is 6.61 Å². The number of nitrogens with zero attached hydrogens (tertiary/aromatic N) is 2. The van der Waals surface area contributed by atoms with Gasteiger partial charge in [-0.15, -0.1) is 11.6 Å². The molecule has 5 heteroatoms. The molecule has 0 aromatic carbocycles. The highest BCUT2D eigenvalue weighted by molar-refractivity contribution is 6.20. The molecular formula is C11H17ClN2O2. The first kappa shape index (κ1) is 11.9. The quantitative estimate of drug-likeness (QED) is 0.762. The van der Waals surface area contributed by atoms with Crippen molar-refractivity contribution in [2.45, 2.75) is 50.5 Å². The van der Waals surface area contributed by atoms with E-state index in [1.807, 2.05) is 0 Å². The number of hydrogen-bond acceptors (Lipinski definition) is 4. The summed E-state index contributed by atoms with van der Waals surface area (Å²) < 4.78 is 10.8. The molecule has 0 radical (unpaired) electrons. The maximum Gasteiger partial charge on any atom is 0.255 e. The molecular weight excluding hydrogens is 228 g/mol. The van der Waals surface area contributed by atoms with Crippen molar-refractivity contribution in [3.05, 3.63) is 11.7 Å². The lowest BCUT2D eigenvalue weighted by Gasteiger charge is -2.18. The number of hydrogen-bond donors (Lipinski definition) is 0. The van der Waals surface area contributed by atoms with Crippen LogP contribution in [0.4, 0.5) is 0 Å². The number of aromatic nitrogens is 2. The number of rotatable bonds is 4. The maximum atomic E-state index is 6.13. The second kappa shape index (κ2) is 5.64.